The lowest BCUT2D eigenvalue weighted by Gasteiger charge is -2.29. The van der Waals surface area contributed by atoms with Crippen LogP contribution in [-0.4, -0.2) is 36.3 Å². The molecule has 4 rings (SSSR count). The van der Waals surface area contributed by atoms with E-state index in [0.29, 0.717) is 11.5 Å². The molecule has 4 nitrogen and oxygen atoms in total. The number of anilines is 1. The van der Waals surface area contributed by atoms with E-state index in [9.17, 15) is 9.59 Å². The molecule has 0 bridgehead atoms. The molecule has 0 unspecified atom stereocenters. The van der Waals surface area contributed by atoms with Gasteiger partial charge in [-0.3, -0.25) is 9.59 Å². The van der Waals surface area contributed by atoms with Crippen molar-refractivity contribution in [1.82, 2.24) is 4.90 Å². The fourth-order valence-corrected chi connectivity index (χ4v) is 4.01. The number of carbonyl (C=O) groups excluding carboxylic acids is 2. The van der Waals surface area contributed by atoms with Crippen LogP contribution in [0.3, 0.4) is 0 Å². The second-order valence-corrected chi connectivity index (χ2v) is 7.17. The maximum Gasteiger partial charge on any atom is 0.259 e. The number of amides is 2. The first-order valence-corrected chi connectivity index (χ1v) is 9.16. The number of para-hydroxylation sites is 1. The van der Waals surface area contributed by atoms with Crippen LogP contribution in [-0.2, 0) is 9.59 Å². The van der Waals surface area contributed by atoms with Crippen LogP contribution < -0.4 is 4.90 Å². The first-order chi connectivity index (χ1) is 11.7. The second-order valence-electron chi connectivity index (χ2n) is 7.17. The Balaban J connectivity index is 1.61. The lowest BCUT2D eigenvalue weighted by molar-refractivity contribution is -0.129. The maximum absolute atomic E-state index is 13.0. The second kappa shape index (κ2) is 6.42. The first-order valence-electron chi connectivity index (χ1n) is 9.16. The van der Waals surface area contributed by atoms with Gasteiger partial charge in [-0.1, -0.05) is 37.5 Å². The Morgan fingerprint density at radius 1 is 1.08 bits per heavy atom. The SMILES string of the molecule is O=C(/C=C1/C(=O)N(CC2CCCCC2)c2ccccc21)N1CCC1. The molecule has 0 radical (unpaired) electrons. The van der Waals surface area contributed by atoms with Crippen LogP contribution in [0.4, 0.5) is 5.69 Å². The number of nitrogens with zero attached hydrogens (tertiary/aromatic N) is 2. The Morgan fingerprint density at radius 3 is 2.54 bits per heavy atom. The van der Waals surface area contributed by atoms with Gasteiger partial charge in [-0.2, -0.15) is 0 Å². The van der Waals surface area contributed by atoms with Crippen LogP contribution in [0.5, 0.6) is 0 Å². The fraction of sp³-hybridized carbons (Fsp3) is 0.500. The molecular formula is C20H24N2O2. The molecule has 2 amide bonds. The van der Waals surface area contributed by atoms with Gasteiger partial charge in [-0.25, -0.2) is 0 Å². The standard InChI is InChI=1S/C20H24N2O2/c23-19(21-11-6-12-21)13-17-16-9-4-5-10-18(16)22(20(17)24)14-15-7-2-1-3-8-15/h4-5,9-10,13,15H,1-3,6-8,11-12,14H2/b17-13+. The van der Waals surface area contributed by atoms with Crippen LogP contribution in [0.2, 0.25) is 0 Å². The summed E-state index contributed by atoms with van der Waals surface area (Å²) in [6.45, 7) is 2.40. The monoisotopic (exact) mass is 324 g/mol. The highest BCUT2D eigenvalue weighted by Gasteiger charge is 2.34. The largest absolute Gasteiger partial charge is 0.339 e. The van der Waals surface area contributed by atoms with Gasteiger partial charge in [0.25, 0.3) is 5.91 Å². The fourth-order valence-electron chi connectivity index (χ4n) is 4.01. The van der Waals surface area contributed by atoms with Crippen LogP contribution in [0, 0.1) is 5.92 Å². The molecule has 2 heterocycles. The van der Waals surface area contributed by atoms with E-state index in [4.69, 9.17) is 0 Å². The molecule has 24 heavy (non-hydrogen) atoms. The third-order valence-corrected chi connectivity index (χ3v) is 5.56. The number of likely N-dealkylation sites (tertiary alicyclic amines) is 1. The molecule has 0 aromatic heterocycles. The van der Waals surface area contributed by atoms with Crippen molar-refractivity contribution in [2.24, 2.45) is 5.92 Å². The van der Waals surface area contributed by atoms with Gasteiger partial charge in [0.2, 0.25) is 5.91 Å². The normalized spacial score (nSPS) is 22.7. The van der Waals surface area contributed by atoms with Crippen molar-refractivity contribution in [3.8, 4) is 0 Å². The van der Waals surface area contributed by atoms with Gasteiger partial charge < -0.3 is 9.80 Å². The summed E-state index contributed by atoms with van der Waals surface area (Å²) in [5, 5.41) is 0. The van der Waals surface area contributed by atoms with Gasteiger partial charge in [0, 0.05) is 31.3 Å². The molecule has 0 spiro atoms. The Kier molecular flexibility index (Phi) is 4.13. The third kappa shape index (κ3) is 2.74. The summed E-state index contributed by atoms with van der Waals surface area (Å²) < 4.78 is 0. The molecule has 126 valence electrons. The smallest absolute Gasteiger partial charge is 0.259 e. The van der Waals surface area contributed by atoms with E-state index in [1.54, 1.807) is 11.0 Å². The van der Waals surface area contributed by atoms with Crippen molar-refractivity contribution in [3.63, 3.8) is 0 Å². The number of benzene rings is 1. The van der Waals surface area contributed by atoms with E-state index >= 15 is 0 Å². The van der Waals surface area contributed by atoms with Gasteiger partial charge in [0.1, 0.15) is 0 Å². The van der Waals surface area contributed by atoms with Crippen molar-refractivity contribution in [2.75, 3.05) is 24.5 Å². The van der Waals surface area contributed by atoms with Crippen LogP contribution >= 0.6 is 0 Å². The Hall–Kier alpha value is -2.10. The van der Waals surface area contributed by atoms with Gasteiger partial charge in [-0.05, 0) is 31.2 Å². The van der Waals surface area contributed by atoms with E-state index in [1.165, 1.54) is 32.1 Å². The molecule has 3 aliphatic rings. The minimum absolute atomic E-state index is 0.00403. The quantitative estimate of drug-likeness (QED) is 0.801. The predicted octanol–water partition coefficient (Wildman–Crippen LogP) is 3.23. The van der Waals surface area contributed by atoms with Crippen LogP contribution in [0.15, 0.2) is 30.3 Å². The van der Waals surface area contributed by atoms with E-state index in [-0.39, 0.29) is 11.8 Å². The molecule has 2 aliphatic heterocycles. The molecular weight excluding hydrogens is 300 g/mol. The first kappa shape index (κ1) is 15.4. The Labute approximate surface area is 143 Å². The zero-order valence-electron chi connectivity index (χ0n) is 14.0. The van der Waals surface area contributed by atoms with Crippen molar-refractivity contribution >= 4 is 23.1 Å². The molecule has 0 atom stereocenters. The highest BCUT2D eigenvalue weighted by molar-refractivity contribution is 6.34. The molecule has 1 aromatic carbocycles. The zero-order chi connectivity index (χ0) is 16.5. The van der Waals surface area contributed by atoms with Gasteiger partial charge in [0.05, 0.1) is 11.3 Å². The number of fused-ring (bicyclic) bond motifs is 1. The topological polar surface area (TPSA) is 40.6 Å². The summed E-state index contributed by atoms with van der Waals surface area (Å²) in [6, 6.07) is 7.88. The Bertz CT molecular complexity index is 685. The number of carbonyl (C=O) groups is 2. The van der Waals surface area contributed by atoms with E-state index in [2.05, 4.69) is 0 Å². The summed E-state index contributed by atoms with van der Waals surface area (Å²) in [4.78, 5) is 29.0. The van der Waals surface area contributed by atoms with Crippen LogP contribution in [0.25, 0.3) is 5.57 Å². The molecule has 1 aliphatic carbocycles. The number of rotatable bonds is 3. The molecule has 1 saturated heterocycles. The average Bonchev–Trinajstić information content (AvgIpc) is 2.80. The lowest BCUT2D eigenvalue weighted by atomic mass is 9.89. The molecule has 1 saturated carbocycles. The van der Waals surface area contributed by atoms with Crippen molar-refractivity contribution < 1.29 is 9.59 Å². The van der Waals surface area contributed by atoms with Crippen molar-refractivity contribution in [1.29, 1.82) is 0 Å². The zero-order valence-corrected chi connectivity index (χ0v) is 14.0. The highest BCUT2D eigenvalue weighted by Crippen LogP contribution is 2.38. The van der Waals surface area contributed by atoms with Gasteiger partial charge in [0.15, 0.2) is 0 Å². The predicted molar refractivity (Wildman–Crippen MR) is 94.5 cm³/mol. The van der Waals surface area contributed by atoms with E-state index in [1.807, 2.05) is 29.2 Å². The molecule has 2 fully saturated rings. The van der Waals surface area contributed by atoms with Crippen LogP contribution in [0.1, 0.15) is 44.1 Å². The minimum Gasteiger partial charge on any atom is -0.339 e. The number of hydrogen-bond donors (Lipinski definition) is 0. The maximum atomic E-state index is 13.0. The number of hydrogen-bond acceptors (Lipinski definition) is 2. The summed E-state index contributed by atoms with van der Waals surface area (Å²) >= 11 is 0. The summed E-state index contributed by atoms with van der Waals surface area (Å²) in [7, 11) is 0. The van der Waals surface area contributed by atoms with Gasteiger partial charge in [-0.15, -0.1) is 0 Å². The molecule has 4 heteroatoms. The molecule has 1 aromatic rings. The van der Waals surface area contributed by atoms with E-state index in [0.717, 1.165) is 37.3 Å². The lowest BCUT2D eigenvalue weighted by Crippen LogP contribution is -2.41. The summed E-state index contributed by atoms with van der Waals surface area (Å²) in [5.41, 5.74) is 2.45. The van der Waals surface area contributed by atoms with Gasteiger partial charge >= 0.3 is 0 Å². The molecule has 0 N–H and O–H groups in total. The third-order valence-electron chi connectivity index (χ3n) is 5.56. The van der Waals surface area contributed by atoms with E-state index < -0.39 is 0 Å². The van der Waals surface area contributed by atoms with Crippen molar-refractivity contribution in [3.05, 3.63) is 35.9 Å². The Morgan fingerprint density at radius 2 is 1.83 bits per heavy atom. The van der Waals surface area contributed by atoms with Crippen molar-refractivity contribution in [2.45, 2.75) is 38.5 Å². The summed E-state index contributed by atoms with van der Waals surface area (Å²) in [6.07, 6.45) is 8.88. The highest BCUT2D eigenvalue weighted by atomic mass is 16.2. The summed E-state index contributed by atoms with van der Waals surface area (Å²) in [5.74, 6) is 0.552. The minimum atomic E-state index is -0.0288. The average molecular weight is 324 g/mol.